The third-order valence-electron chi connectivity index (χ3n) is 3.33. The number of rotatable bonds is 6. The van der Waals surface area contributed by atoms with E-state index in [1.54, 1.807) is 0 Å². The molecule has 164 valence electrons. The summed E-state index contributed by atoms with van der Waals surface area (Å²) in [6.45, 7) is 4.32. The SMILES string of the molecule is CC(=O)OC[C@H]1O[C@H](/N=C\C(Br)(Br)Br)[C@H](OC(C)=O)[C@@H](OC(C)=O)[C@@H]1OC(C)=O. The Morgan fingerprint density at radius 1 is 0.862 bits per heavy atom. The van der Waals surface area contributed by atoms with Gasteiger partial charge in [-0.3, -0.25) is 24.2 Å². The quantitative estimate of drug-likeness (QED) is 0.192. The Hall–Kier alpha value is -1.05. The van der Waals surface area contributed by atoms with Crippen LogP contribution in [0.5, 0.6) is 0 Å². The molecule has 10 nitrogen and oxygen atoms in total. The van der Waals surface area contributed by atoms with Crippen molar-refractivity contribution >= 4 is 77.9 Å². The van der Waals surface area contributed by atoms with Gasteiger partial charge >= 0.3 is 23.9 Å². The van der Waals surface area contributed by atoms with Gasteiger partial charge in [0, 0.05) is 33.9 Å². The van der Waals surface area contributed by atoms with Gasteiger partial charge in [0.1, 0.15) is 12.7 Å². The lowest BCUT2D eigenvalue weighted by atomic mass is 9.97. The molecule has 0 bridgehead atoms. The van der Waals surface area contributed by atoms with Crippen LogP contribution in [-0.2, 0) is 42.9 Å². The minimum absolute atomic E-state index is 0.314. The number of ether oxygens (including phenoxy) is 5. The van der Waals surface area contributed by atoms with Crippen molar-refractivity contribution in [1.82, 2.24) is 0 Å². The van der Waals surface area contributed by atoms with Crippen LogP contribution in [0.15, 0.2) is 4.99 Å². The third-order valence-corrected chi connectivity index (χ3v) is 3.95. The smallest absolute Gasteiger partial charge is 0.303 e. The summed E-state index contributed by atoms with van der Waals surface area (Å²) in [6.07, 6.45) is -4.56. The highest BCUT2D eigenvalue weighted by Crippen LogP contribution is 2.33. The Bertz CT molecular complexity index is 665. The lowest BCUT2D eigenvalue weighted by molar-refractivity contribution is -0.250. The largest absolute Gasteiger partial charge is 0.463 e. The maximum atomic E-state index is 11.7. The Morgan fingerprint density at radius 3 is 1.79 bits per heavy atom. The van der Waals surface area contributed by atoms with Crippen LogP contribution in [-0.4, -0.2) is 69.5 Å². The van der Waals surface area contributed by atoms with Crippen LogP contribution in [0.1, 0.15) is 27.7 Å². The van der Waals surface area contributed by atoms with Crippen molar-refractivity contribution in [3.8, 4) is 0 Å². The lowest BCUT2D eigenvalue weighted by Crippen LogP contribution is -2.62. The first-order valence-electron chi connectivity index (χ1n) is 8.21. The van der Waals surface area contributed by atoms with E-state index in [-0.39, 0.29) is 6.61 Å². The molecule has 0 N–H and O–H groups in total. The van der Waals surface area contributed by atoms with E-state index >= 15 is 0 Å². The van der Waals surface area contributed by atoms with Gasteiger partial charge in [-0.05, 0) is 0 Å². The first-order chi connectivity index (χ1) is 13.3. The van der Waals surface area contributed by atoms with Gasteiger partial charge in [0.15, 0.2) is 26.7 Å². The normalized spacial score (nSPS) is 27.2. The molecule has 0 aromatic carbocycles. The van der Waals surface area contributed by atoms with Crippen molar-refractivity contribution < 1.29 is 42.9 Å². The summed E-state index contributed by atoms with van der Waals surface area (Å²) in [7, 11) is 0. The number of carbonyl (C=O) groups is 4. The molecule has 1 heterocycles. The number of halogens is 3. The Kier molecular flexibility index (Phi) is 10.2. The van der Waals surface area contributed by atoms with Gasteiger partial charge in [-0.15, -0.1) is 0 Å². The maximum Gasteiger partial charge on any atom is 0.303 e. The topological polar surface area (TPSA) is 127 Å². The Balaban J connectivity index is 3.37. The van der Waals surface area contributed by atoms with E-state index < -0.39 is 56.7 Å². The molecule has 1 rings (SSSR count). The second-order valence-corrected chi connectivity index (χ2v) is 12.9. The molecular formula is C16H20Br3NO9. The van der Waals surface area contributed by atoms with E-state index in [1.165, 1.54) is 13.1 Å². The van der Waals surface area contributed by atoms with Crippen LogP contribution < -0.4 is 0 Å². The third kappa shape index (κ3) is 9.53. The molecule has 0 unspecified atom stereocenters. The molecule has 1 aliphatic heterocycles. The van der Waals surface area contributed by atoms with Gasteiger partial charge in [0.25, 0.3) is 0 Å². The first-order valence-corrected chi connectivity index (χ1v) is 10.6. The molecule has 29 heavy (non-hydrogen) atoms. The summed E-state index contributed by atoms with van der Waals surface area (Å²) in [6, 6.07) is 0. The van der Waals surface area contributed by atoms with Crippen molar-refractivity contribution in [1.29, 1.82) is 0 Å². The highest BCUT2D eigenvalue weighted by atomic mass is 80.0. The summed E-state index contributed by atoms with van der Waals surface area (Å²) < 4.78 is 25.7. The van der Waals surface area contributed by atoms with E-state index in [4.69, 9.17) is 23.7 Å². The Morgan fingerprint density at radius 2 is 1.34 bits per heavy atom. The fraction of sp³-hybridized carbons (Fsp3) is 0.688. The number of nitrogens with zero attached hydrogens (tertiary/aromatic N) is 1. The number of aliphatic imine (C=N–C) groups is 1. The van der Waals surface area contributed by atoms with Crippen molar-refractivity contribution in [3.63, 3.8) is 0 Å². The van der Waals surface area contributed by atoms with Crippen LogP contribution in [0, 0.1) is 0 Å². The van der Waals surface area contributed by atoms with Crippen molar-refractivity contribution in [2.45, 2.75) is 60.5 Å². The zero-order chi connectivity index (χ0) is 22.4. The van der Waals surface area contributed by atoms with Crippen LogP contribution in [0.4, 0.5) is 0 Å². The zero-order valence-corrected chi connectivity index (χ0v) is 20.7. The number of alkyl halides is 3. The molecular weight excluding hydrogens is 590 g/mol. The van der Waals surface area contributed by atoms with Gasteiger partial charge in [0.2, 0.25) is 0 Å². The summed E-state index contributed by atoms with van der Waals surface area (Å²) in [5.74, 6) is -2.70. The standard InChI is InChI=1S/C16H20Br3NO9/c1-7(21)25-5-11-12(26-8(2)22)13(27-9(3)23)14(28-10(4)24)15(29-11)20-6-16(17,18)19/h6,11-15H,5H2,1-4H3/b20-6-/t11-,12-,13+,14-,15+/m1/s1. The second kappa shape index (κ2) is 11.4. The zero-order valence-electron chi connectivity index (χ0n) is 15.9. The molecule has 0 amide bonds. The minimum atomic E-state index is -1.26. The van der Waals surface area contributed by atoms with Crippen molar-refractivity contribution in [2.75, 3.05) is 6.61 Å². The molecule has 0 aliphatic carbocycles. The van der Waals surface area contributed by atoms with E-state index in [9.17, 15) is 19.2 Å². The van der Waals surface area contributed by atoms with Gasteiger partial charge in [-0.25, -0.2) is 0 Å². The van der Waals surface area contributed by atoms with Gasteiger partial charge < -0.3 is 23.7 Å². The lowest BCUT2D eigenvalue weighted by Gasteiger charge is -2.43. The summed E-state index contributed by atoms with van der Waals surface area (Å²) in [4.78, 5) is 50.4. The second-order valence-electron chi connectivity index (χ2n) is 5.91. The fourth-order valence-electron chi connectivity index (χ4n) is 2.48. The molecule has 1 saturated heterocycles. The average molecular weight is 610 g/mol. The average Bonchev–Trinajstić information content (AvgIpc) is 2.53. The van der Waals surface area contributed by atoms with E-state index in [1.807, 2.05) is 0 Å². The van der Waals surface area contributed by atoms with Crippen molar-refractivity contribution in [3.05, 3.63) is 0 Å². The number of hydrogen-bond donors (Lipinski definition) is 0. The molecule has 0 saturated carbocycles. The monoisotopic (exact) mass is 607 g/mol. The summed E-state index contributed by atoms with van der Waals surface area (Å²) >= 11 is 9.71. The first kappa shape index (κ1) is 26.0. The van der Waals surface area contributed by atoms with Gasteiger partial charge in [-0.1, -0.05) is 47.8 Å². The van der Waals surface area contributed by atoms with E-state index in [2.05, 4.69) is 52.8 Å². The molecule has 13 heteroatoms. The number of carbonyl (C=O) groups excluding carboxylic acids is 4. The molecule has 0 aromatic heterocycles. The molecule has 0 aromatic rings. The minimum Gasteiger partial charge on any atom is -0.463 e. The van der Waals surface area contributed by atoms with Crippen LogP contribution in [0.25, 0.3) is 0 Å². The number of esters is 4. The Labute approximate surface area is 192 Å². The predicted molar refractivity (Wildman–Crippen MR) is 110 cm³/mol. The van der Waals surface area contributed by atoms with E-state index in [0.29, 0.717) is 0 Å². The van der Waals surface area contributed by atoms with Crippen molar-refractivity contribution in [2.24, 2.45) is 4.99 Å². The predicted octanol–water partition coefficient (Wildman–Crippen LogP) is 1.98. The maximum absolute atomic E-state index is 11.7. The highest BCUT2D eigenvalue weighted by Gasteiger charge is 2.52. The summed E-state index contributed by atoms with van der Waals surface area (Å²) in [5.41, 5.74) is 0. The fourth-order valence-corrected chi connectivity index (χ4v) is 2.84. The molecule has 1 aliphatic rings. The van der Waals surface area contributed by atoms with Gasteiger partial charge in [0.05, 0.1) is 0 Å². The molecule has 1 fully saturated rings. The molecule has 5 atom stereocenters. The number of hydrogen-bond acceptors (Lipinski definition) is 10. The van der Waals surface area contributed by atoms with E-state index in [0.717, 1.165) is 20.8 Å². The summed E-state index contributed by atoms with van der Waals surface area (Å²) in [5, 5.41) is 0. The molecule has 0 spiro atoms. The van der Waals surface area contributed by atoms with Crippen LogP contribution >= 0.6 is 47.8 Å². The highest BCUT2D eigenvalue weighted by molar-refractivity contribution is 9.40. The molecule has 0 radical (unpaired) electrons. The van der Waals surface area contributed by atoms with Crippen LogP contribution in [0.2, 0.25) is 0 Å². The van der Waals surface area contributed by atoms with Crippen LogP contribution in [0.3, 0.4) is 0 Å². The van der Waals surface area contributed by atoms with Gasteiger partial charge in [-0.2, -0.15) is 0 Å².